The van der Waals surface area contributed by atoms with Crippen molar-refractivity contribution in [2.75, 3.05) is 19.6 Å². The number of aromatic nitrogens is 1. The second kappa shape index (κ2) is 9.01. The topological polar surface area (TPSA) is 62.3 Å². The lowest BCUT2D eigenvalue weighted by Gasteiger charge is -2.31. The van der Waals surface area contributed by atoms with Crippen LogP contribution in [0.3, 0.4) is 0 Å². The number of thiazole rings is 1. The highest BCUT2D eigenvalue weighted by atomic mass is 32.1. The maximum absolute atomic E-state index is 12.6. The van der Waals surface area contributed by atoms with Crippen LogP contribution in [-0.4, -0.2) is 41.3 Å². The number of hydrogen-bond acceptors (Lipinski definition) is 4. The van der Waals surface area contributed by atoms with Gasteiger partial charge in [0, 0.05) is 25.1 Å². The highest BCUT2D eigenvalue weighted by Crippen LogP contribution is 2.32. The van der Waals surface area contributed by atoms with Crippen molar-refractivity contribution in [3.05, 3.63) is 71.2 Å². The Hall–Kier alpha value is -2.99. The average molecular weight is 406 g/mol. The molecule has 1 aromatic heterocycles. The van der Waals surface area contributed by atoms with Crippen LogP contribution in [0.1, 0.15) is 29.3 Å². The number of likely N-dealkylation sites (tertiary alicyclic amines) is 1. The average Bonchev–Trinajstić information content (AvgIpc) is 3.21. The first-order chi connectivity index (χ1) is 14.2. The molecule has 0 spiro atoms. The van der Waals surface area contributed by atoms with Crippen LogP contribution in [-0.2, 0) is 9.59 Å². The molecule has 0 unspecified atom stereocenters. The van der Waals surface area contributed by atoms with Gasteiger partial charge in [0.2, 0.25) is 11.8 Å². The van der Waals surface area contributed by atoms with Gasteiger partial charge in [0.25, 0.3) is 0 Å². The lowest BCUT2D eigenvalue weighted by Crippen LogP contribution is -2.44. The molecule has 148 valence electrons. The van der Waals surface area contributed by atoms with Crippen molar-refractivity contribution in [2.24, 2.45) is 0 Å². The molecule has 4 rings (SSSR count). The maximum atomic E-state index is 12.6. The van der Waals surface area contributed by atoms with Crippen LogP contribution in [0.4, 0.5) is 0 Å². The van der Waals surface area contributed by atoms with Gasteiger partial charge in [0.05, 0.1) is 21.8 Å². The van der Waals surface area contributed by atoms with E-state index in [1.807, 2.05) is 53.4 Å². The van der Waals surface area contributed by atoms with Gasteiger partial charge >= 0.3 is 0 Å². The first-order valence-corrected chi connectivity index (χ1v) is 10.6. The Labute approximate surface area is 174 Å². The van der Waals surface area contributed by atoms with Crippen molar-refractivity contribution in [1.29, 1.82) is 0 Å². The van der Waals surface area contributed by atoms with Crippen LogP contribution >= 0.6 is 11.3 Å². The molecule has 29 heavy (non-hydrogen) atoms. The Morgan fingerprint density at radius 2 is 1.93 bits per heavy atom. The summed E-state index contributed by atoms with van der Waals surface area (Å²) in [5, 5.41) is 3.79. The summed E-state index contributed by atoms with van der Waals surface area (Å²) in [5.41, 5.74) is 1.97. The Morgan fingerprint density at radius 3 is 2.76 bits per heavy atom. The number of para-hydroxylation sites is 1. The van der Waals surface area contributed by atoms with Gasteiger partial charge < -0.3 is 10.2 Å². The first-order valence-electron chi connectivity index (χ1n) is 9.83. The van der Waals surface area contributed by atoms with E-state index in [9.17, 15) is 9.59 Å². The molecule has 0 radical (unpaired) electrons. The van der Waals surface area contributed by atoms with Crippen molar-refractivity contribution in [1.82, 2.24) is 15.2 Å². The summed E-state index contributed by atoms with van der Waals surface area (Å²) in [4.78, 5) is 31.2. The molecule has 1 N–H and O–H groups in total. The number of carbonyl (C=O) groups is 2. The Morgan fingerprint density at radius 1 is 1.14 bits per heavy atom. The number of hydrogen-bond donors (Lipinski definition) is 1. The molecule has 6 heteroatoms. The largest absolute Gasteiger partial charge is 0.343 e. The molecule has 1 atom stereocenters. The Kier molecular flexibility index (Phi) is 6.00. The number of nitrogens with zero attached hydrogens (tertiary/aromatic N) is 2. The van der Waals surface area contributed by atoms with E-state index in [4.69, 9.17) is 4.98 Å². The normalized spacial score (nSPS) is 17.0. The third-order valence-electron chi connectivity index (χ3n) is 5.07. The number of benzene rings is 2. The predicted octanol–water partition coefficient (Wildman–Crippen LogP) is 3.83. The molecule has 1 aliphatic rings. The number of amides is 2. The van der Waals surface area contributed by atoms with Crippen LogP contribution in [0.15, 0.2) is 60.7 Å². The Bertz CT molecular complexity index is 996. The summed E-state index contributed by atoms with van der Waals surface area (Å²) in [5.74, 6) is -0.0435. The molecule has 2 amide bonds. The lowest BCUT2D eigenvalue weighted by atomic mass is 9.98. The summed E-state index contributed by atoms with van der Waals surface area (Å²) in [6.07, 6.45) is 5.19. The van der Waals surface area contributed by atoms with Crippen LogP contribution in [0.2, 0.25) is 0 Å². The third kappa shape index (κ3) is 4.90. The van der Waals surface area contributed by atoms with Gasteiger partial charge in [-0.15, -0.1) is 11.3 Å². The zero-order valence-electron chi connectivity index (χ0n) is 16.1. The van der Waals surface area contributed by atoms with Crippen LogP contribution in [0, 0.1) is 0 Å². The molecule has 1 saturated heterocycles. The standard InChI is InChI=1S/C23H23N3O2S/c27-21(13-12-17-7-2-1-3-8-17)24-15-22(28)26-14-6-9-18(16-26)23-25-19-10-4-5-11-20(19)29-23/h1-5,7-8,10-13,18H,6,9,14-16H2,(H,24,27)/b13-12+/t18-/m1/s1. The molecule has 0 bridgehead atoms. The lowest BCUT2D eigenvalue weighted by molar-refractivity contribution is -0.133. The molecular formula is C23H23N3O2S. The van der Waals surface area contributed by atoms with Gasteiger partial charge in [0.1, 0.15) is 0 Å². The van der Waals surface area contributed by atoms with E-state index in [1.54, 1.807) is 17.4 Å². The van der Waals surface area contributed by atoms with Gasteiger partial charge in [0.15, 0.2) is 0 Å². The van der Waals surface area contributed by atoms with Gasteiger partial charge in [-0.2, -0.15) is 0 Å². The van der Waals surface area contributed by atoms with Crippen molar-refractivity contribution in [3.8, 4) is 0 Å². The second-order valence-corrected chi connectivity index (χ2v) is 8.22. The van der Waals surface area contributed by atoms with E-state index >= 15 is 0 Å². The van der Waals surface area contributed by atoms with Crippen molar-refractivity contribution in [2.45, 2.75) is 18.8 Å². The second-order valence-electron chi connectivity index (χ2n) is 7.16. The maximum Gasteiger partial charge on any atom is 0.244 e. The van der Waals surface area contributed by atoms with E-state index in [0.717, 1.165) is 35.5 Å². The minimum atomic E-state index is -0.262. The fraction of sp³-hybridized carbons (Fsp3) is 0.261. The van der Waals surface area contributed by atoms with Gasteiger partial charge in [-0.25, -0.2) is 4.98 Å². The van der Waals surface area contributed by atoms with E-state index in [0.29, 0.717) is 6.54 Å². The summed E-state index contributed by atoms with van der Waals surface area (Å²) in [7, 11) is 0. The minimum Gasteiger partial charge on any atom is -0.343 e. The van der Waals surface area contributed by atoms with Crippen molar-refractivity contribution >= 4 is 39.4 Å². The SMILES string of the molecule is O=C(/C=C/c1ccccc1)NCC(=O)N1CCC[C@@H](c2nc3ccccc3s2)C1. The fourth-order valence-corrected chi connectivity index (χ4v) is 4.63. The summed E-state index contributed by atoms with van der Waals surface area (Å²) in [6.45, 7) is 1.41. The van der Waals surface area contributed by atoms with Gasteiger partial charge in [-0.1, -0.05) is 42.5 Å². The van der Waals surface area contributed by atoms with Crippen LogP contribution in [0.25, 0.3) is 16.3 Å². The smallest absolute Gasteiger partial charge is 0.244 e. The van der Waals surface area contributed by atoms with E-state index in [1.165, 1.54) is 10.8 Å². The van der Waals surface area contributed by atoms with Crippen molar-refractivity contribution in [3.63, 3.8) is 0 Å². The molecule has 5 nitrogen and oxygen atoms in total. The fourth-order valence-electron chi connectivity index (χ4n) is 3.54. The number of rotatable bonds is 5. The van der Waals surface area contributed by atoms with Gasteiger partial charge in [-0.3, -0.25) is 9.59 Å². The zero-order valence-corrected chi connectivity index (χ0v) is 16.9. The minimum absolute atomic E-state index is 0.0184. The molecule has 3 aromatic rings. The molecule has 2 aromatic carbocycles. The molecule has 1 fully saturated rings. The number of nitrogens with one attached hydrogen (secondary N) is 1. The molecular weight excluding hydrogens is 382 g/mol. The van der Waals surface area contributed by atoms with Crippen LogP contribution < -0.4 is 5.32 Å². The van der Waals surface area contributed by atoms with Gasteiger partial charge in [-0.05, 0) is 36.6 Å². The monoisotopic (exact) mass is 405 g/mol. The number of fused-ring (bicyclic) bond motifs is 1. The number of piperidine rings is 1. The molecule has 2 heterocycles. The third-order valence-corrected chi connectivity index (χ3v) is 6.27. The number of carbonyl (C=O) groups excluding carboxylic acids is 2. The quantitative estimate of drug-likeness (QED) is 0.656. The molecule has 0 aliphatic carbocycles. The zero-order chi connectivity index (χ0) is 20.1. The van der Waals surface area contributed by atoms with Crippen molar-refractivity contribution < 1.29 is 9.59 Å². The van der Waals surface area contributed by atoms with Crippen LogP contribution in [0.5, 0.6) is 0 Å². The molecule has 1 aliphatic heterocycles. The summed E-state index contributed by atoms with van der Waals surface area (Å²) < 4.78 is 1.18. The van der Waals surface area contributed by atoms with E-state index in [2.05, 4.69) is 11.4 Å². The summed E-state index contributed by atoms with van der Waals surface area (Å²) in [6, 6.07) is 17.7. The summed E-state index contributed by atoms with van der Waals surface area (Å²) >= 11 is 1.71. The molecule has 0 saturated carbocycles. The predicted molar refractivity (Wildman–Crippen MR) is 117 cm³/mol. The first kappa shape index (κ1) is 19.3. The van der Waals surface area contributed by atoms with E-state index in [-0.39, 0.29) is 24.3 Å². The highest BCUT2D eigenvalue weighted by Gasteiger charge is 2.26. The Balaban J connectivity index is 1.31. The van der Waals surface area contributed by atoms with E-state index < -0.39 is 0 Å². The highest BCUT2D eigenvalue weighted by molar-refractivity contribution is 7.18.